The lowest BCUT2D eigenvalue weighted by molar-refractivity contribution is -0.121. The van der Waals surface area contributed by atoms with Gasteiger partial charge in [-0.15, -0.1) is 0 Å². The Hall–Kier alpha value is -2.82. The third-order valence-electron chi connectivity index (χ3n) is 4.69. The third kappa shape index (κ3) is 3.99. The second-order valence-corrected chi connectivity index (χ2v) is 6.50. The van der Waals surface area contributed by atoms with Crippen LogP contribution < -0.4 is 11.1 Å². The van der Waals surface area contributed by atoms with Gasteiger partial charge in [0.05, 0.1) is 0 Å². The summed E-state index contributed by atoms with van der Waals surface area (Å²) in [6.07, 6.45) is 1.34. The van der Waals surface area contributed by atoms with E-state index in [0.29, 0.717) is 37.2 Å². The number of rotatable bonds is 3. The van der Waals surface area contributed by atoms with Gasteiger partial charge in [0.2, 0.25) is 5.91 Å². The minimum Gasteiger partial charge on any atom is -0.399 e. The van der Waals surface area contributed by atoms with Gasteiger partial charge < -0.3 is 16.0 Å². The number of carbonyl (C=O) groups excluding carboxylic acids is 2. The first-order valence-corrected chi connectivity index (χ1v) is 8.56. The predicted octanol–water partition coefficient (Wildman–Crippen LogP) is 3.07. The fourth-order valence-corrected chi connectivity index (χ4v) is 3.15. The average molecular weight is 337 g/mol. The van der Waals surface area contributed by atoms with Crippen LogP contribution in [0.4, 0.5) is 11.4 Å². The topological polar surface area (TPSA) is 75.4 Å². The highest BCUT2D eigenvalue weighted by Gasteiger charge is 2.28. The minimum absolute atomic E-state index is 0.00767. The lowest BCUT2D eigenvalue weighted by Gasteiger charge is -2.31. The van der Waals surface area contributed by atoms with Gasteiger partial charge in [-0.2, -0.15) is 0 Å². The number of hydrogen-bond donors (Lipinski definition) is 2. The molecular weight excluding hydrogens is 314 g/mol. The Kier molecular flexibility index (Phi) is 5.03. The number of carbonyl (C=O) groups is 2. The lowest BCUT2D eigenvalue weighted by atomic mass is 9.95. The third-order valence-corrected chi connectivity index (χ3v) is 4.69. The van der Waals surface area contributed by atoms with Crippen LogP contribution in [0.15, 0.2) is 48.5 Å². The fraction of sp³-hybridized carbons (Fsp3) is 0.300. The van der Waals surface area contributed by atoms with E-state index in [0.717, 1.165) is 11.3 Å². The number of amides is 2. The van der Waals surface area contributed by atoms with Gasteiger partial charge in [0.1, 0.15) is 0 Å². The van der Waals surface area contributed by atoms with E-state index in [9.17, 15) is 9.59 Å². The van der Waals surface area contributed by atoms with Crippen molar-refractivity contribution in [2.45, 2.75) is 19.8 Å². The molecule has 0 radical (unpaired) electrons. The van der Waals surface area contributed by atoms with Crippen molar-refractivity contribution in [2.24, 2.45) is 5.92 Å². The summed E-state index contributed by atoms with van der Waals surface area (Å²) in [6, 6.07) is 14.8. The van der Waals surface area contributed by atoms with Crippen LogP contribution in [0.25, 0.3) is 0 Å². The number of hydrogen-bond acceptors (Lipinski definition) is 3. The molecule has 2 aromatic rings. The number of anilines is 2. The summed E-state index contributed by atoms with van der Waals surface area (Å²) >= 11 is 0. The number of para-hydroxylation sites is 1. The molecule has 1 aliphatic rings. The van der Waals surface area contributed by atoms with Crippen molar-refractivity contribution in [3.05, 3.63) is 59.7 Å². The molecule has 2 aromatic carbocycles. The predicted molar refractivity (Wildman–Crippen MR) is 99.3 cm³/mol. The zero-order chi connectivity index (χ0) is 17.8. The van der Waals surface area contributed by atoms with E-state index in [1.165, 1.54) is 0 Å². The molecule has 0 atom stereocenters. The Balaban J connectivity index is 1.59. The van der Waals surface area contributed by atoms with Crippen LogP contribution in [0.2, 0.25) is 0 Å². The SMILES string of the molecule is Cc1ccc(N)cc1C(=O)N1CCC(C(=O)Nc2ccccc2)CC1. The summed E-state index contributed by atoms with van der Waals surface area (Å²) in [7, 11) is 0. The Morgan fingerprint density at radius 2 is 1.76 bits per heavy atom. The maximum atomic E-state index is 12.7. The van der Waals surface area contributed by atoms with Gasteiger partial charge in [-0.05, 0) is 49.6 Å². The Labute approximate surface area is 147 Å². The number of nitrogens with zero attached hydrogens (tertiary/aromatic N) is 1. The molecule has 3 N–H and O–H groups in total. The summed E-state index contributed by atoms with van der Waals surface area (Å²) in [4.78, 5) is 26.9. The Bertz CT molecular complexity index is 766. The van der Waals surface area contributed by atoms with Crippen molar-refractivity contribution in [3.8, 4) is 0 Å². The van der Waals surface area contributed by atoms with Crippen LogP contribution in [-0.2, 0) is 4.79 Å². The first kappa shape index (κ1) is 17.0. The molecule has 1 heterocycles. The number of likely N-dealkylation sites (tertiary alicyclic amines) is 1. The molecule has 0 saturated carbocycles. The van der Waals surface area contributed by atoms with Crippen molar-refractivity contribution in [1.29, 1.82) is 0 Å². The molecule has 0 spiro atoms. The molecule has 1 aliphatic heterocycles. The standard InChI is InChI=1S/C20H23N3O2/c1-14-7-8-16(21)13-18(14)20(25)23-11-9-15(10-12-23)19(24)22-17-5-3-2-4-6-17/h2-8,13,15H,9-12,21H2,1H3,(H,22,24). The highest BCUT2D eigenvalue weighted by Crippen LogP contribution is 2.22. The van der Waals surface area contributed by atoms with Gasteiger partial charge in [-0.25, -0.2) is 0 Å². The van der Waals surface area contributed by atoms with Crippen molar-refractivity contribution in [3.63, 3.8) is 0 Å². The Morgan fingerprint density at radius 1 is 1.08 bits per heavy atom. The zero-order valence-electron chi connectivity index (χ0n) is 14.4. The lowest BCUT2D eigenvalue weighted by Crippen LogP contribution is -2.41. The quantitative estimate of drug-likeness (QED) is 0.845. The first-order chi connectivity index (χ1) is 12.0. The van der Waals surface area contributed by atoms with E-state index in [4.69, 9.17) is 5.73 Å². The van der Waals surface area contributed by atoms with Gasteiger partial charge in [0.25, 0.3) is 5.91 Å². The maximum absolute atomic E-state index is 12.7. The number of nitrogens with one attached hydrogen (secondary N) is 1. The van der Waals surface area contributed by atoms with Crippen LogP contribution in [0, 0.1) is 12.8 Å². The second kappa shape index (κ2) is 7.38. The first-order valence-electron chi connectivity index (χ1n) is 8.56. The van der Waals surface area contributed by atoms with Crippen LogP contribution in [0.3, 0.4) is 0 Å². The van der Waals surface area contributed by atoms with Gasteiger partial charge in [0.15, 0.2) is 0 Å². The summed E-state index contributed by atoms with van der Waals surface area (Å²) < 4.78 is 0. The molecule has 5 nitrogen and oxygen atoms in total. The molecular formula is C20H23N3O2. The van der Waals surface area contributed by atoms with E-state index >= 15 is 0 Å². The molecule has 5 heteroatoms. The molecule has 0 unspecified atom stereocenters. The average Bonchev–Trinajstić information content (AvgIpc) is 2.64. The van der Waals surface area contributed by atoms with Gasteiger partial charge in [-0.3, -0.25) is 9.59 Å². The second-order valence-electron chi connectivity index (χ2n) is 6.50. The summed E-state index contributed by atoms with van der Waals surface area (Å²) in [5.74, 6) is -0.0450. The van der Waals surface area contributed by atoms with Gasteiger partial charge >= 0.3 is 0 Å². The van der Waals surface area contributed by atoms with Gasteiger partial charge in [0, 0.05) is 35.9 Å². The molecule has 0 bridgehead atoms. The normalized spacial score (nSPS) is 15.0. The van der Waals surface area contributed by atoms with Crippen molar-refractivity contribution in [2.75, 3.05) is 24.1 Å². The van der Waals surface area contributed by atoms with Crippen molar-refractivity contribution < 1.29 is 9.59 Å². The number of nitrogen functional groups attached to an aromatic ring is 1. The number of nitrogens with two attached hydrogens (primary N) is 1. The van der Waals surface area contributed by atoms with E-state index in [1.54, 1.807) is 12.1 Å². The largest absolute Gasteiger partial charge is 0.399 e. The van der Waals surface area contributed by atoms with Crippen molar-refractivity contribution in [1.82, 2.24) is 4.90 Å². The Morgan fingerprint density at radius 3 is 2.44 bits per heavy atom. The molecule has 25 heavy (non-hydrogen) atoms. The maximum Gasteiger partial charge on any atom is 0.254 e. The highest BCUT2D eigenvalue weighted by atomic mass is 16.2. The van der Waals surface area contributed by atoms with E-state index in [-0.39, 0.29) is 17.7 Å². The van der Waals surface area contributed by atoms with E-state index < -0.39 is 0 Å². The number of aryl methyl sites for hydroxylation is 1. The van der Waals surface area contributed by atoms with E-state index in [1.807, 2.05) is 48.2 Å². The molecule has 1 fully saturated rings. The summed E-state index contributed by atoms with van der Waals surface area (Å²) in [5, 5.41) is 2.95. The number of piperidine rings is 1. The monoisotopic (exact) mass is 337 g/mol. The molecule has 130 valence electrons. The van der Waals surface area contributed by atoms with Crippen LogP contribution >= 0.6 is 0 Å². The summed E-state index contributed by atoms with van der Waals surface area (Å²) in [5.41, 5.74) is 8.77. The van der Waals surface area contributed by atoms with Gasteiger partial charge in [-0.1, -0.05) is 24.3 Å². The minimum atomic E-state index is -0.0637. The molecule has 1 saturated heterocycles. The smallest absolute Gasteiger partial charge is 0.254 e. The van der Waals surface area contributed by atoms with E-state index in [2.05, 4.69) is 5.32 Å². The fourth-order valence-electron chi connectivity index (χ4n) is 3.15. The molecule has 3 rings (SSSR count). The zero-order valence-corrected chi connectivity index (χ0v) is 14.4. The summed E-state index contributed by atoms with van der Waals surface area (Å²) in [6.45, 7) is 3.08. The van der Waals surface area contributed by atoms with Crippen LogP contribution in [0.1, 0.15) is 28.8 Å². The number of benzene rings is 2. The molecule has 2 amide bonds. The van der Waals surface area contributed by atoms with Crippen LogP contribution in [-0.4, -0.2) is 29.8 Å². The van der Waals surface area contributed by atoms with Crippen LogP contribution in [0.5, 0.6) is 0 Å². The molecule has 0 aromatic heterocycles. The highest BCUT2D eigenvalue weighted by molar-refractivity contribution is 5.97. The molecule has 0 aliphatic carbocycles. The van der Waals surface area contributed by atoms with Crippen molar-refractivity contribution >= 4 is 23.2 Å².